The smallest absolute Gasteiger partial charge is 0.388 e. The van der Waals surface area contributed by atoms with Gasteiger partial charge in [0, 0.05) is 18.1 Å². The predicted molar refractivity (Wildman–Crippen MR) is 87.4 cm³/mol. The largest absolute Gasteiger partial charge is 0.415 e. The normalized spacial score (nSPS) is 20.2. The average molecular weight is 365 g/mol. The van der Waals surface area contributed by atoms with Crippen LogP contribution >= 0.6 is 0 Å². The SMILES string of the molecule is CC1(Cn2ncc3ncc(Nc4cc(OC(F)F)n[nH]4)nc32)CCOC1. The van der Waals surface area contributed by atoms with Crippen molar-refractivity contribution in [2.45, 2.75) is 26.5 Å². The molecular formula is C15H17F2N7O2. The number of nitrogens with one attached hydrogen (secondary N) is 2. The Morgan fingerprint density at radius 3 is 3.12 bits per heavy atom. The van der Waals surface area contributed by atoms with Crippen LogP contribution in [0.2, 0.25) is 0 Å². The molecular weight excluding hydrogens is 348 g/mol. The lowest BCUT2D eigenvalue weighted by molar-refractivity contribution is -0.0528. The number of ether oxygens (including phenoxy) is 2. The average Bonchev–Trinajstić information content (AvgIpc) is 3.30. The monoisotopic (exact) mass is 365 g/mol. The van der Waals surface area contributed by atoms with Gasteiger partial charge in [0.15, 0.2) is 11.5 Å². The summed E-state index contributed by atoms with van der Waals surface area (Å²) in [6, 6.07) is 1.31. The summed E-state index contributed by atoms with van der Waals surface area (Å²) in [5.74, 6) is 0.576. The van der Waals surface area contributed by atoms with Gasteiger partial charge in [0.25, 0.3) is 0 Å². The molecule has 1 saturated heterocycles. The Labute approximate surface area is 146 Å². The first-order valence-corrected chi connectivity index (χ1v) is 8.04. The Kier molecular flexibility index (Phi) is 4.15. The Bertz CT molecular complexity index is 904. The van der Waals surface area contributed by atoms with Crippen molar-refractivity contribution in [1.29, 1.82) is 0 Å². The van der Waals surface area contributed by atoms with Gasteiger partial charge in [-0.25, -0.2) is 14.6 Å². The molecule has 0 aromatic carbocycles. The van der Waals surface area contributed by atoms with E-state index in [2.05, 4.69) is 42.2 Å². The Morgan fingerprint density at radius 2 is 2.35 bits per heavy atom. The fourth-order valence-corrected chi connectivity index (χ4v) is 2.88. The first-order valence-electron chi connectivity index (χ1n) is 8.04. The van der Waals surface area contributed by atoms with Crippen molar-refractivity contribution in [2.75, 3.05) is 18.5 Å². The second-order valence-corrected chi connectivity index (χ2v) is 6.50. The van der Waals surface area contributed by atoms with E-state index in [1.165, 1.54) is 12.3 Å². The van der Waals surface area contributed by atoms with Crippen molar-refractivity contribution in [3.8, 4) is 5.88 Å². The van der Waals surface area contributed by atoms with E-state index in [4.69, 9.17) is 4.74 Å². The number of nitrogens with zero attached hydrogens (tertiary/aromatic N) is 5. The Balaban J connectivity index is 1.55. The van der Waals surface area contributed by atoms with Gasteiger partial charge in [0.2, 0.25) is 5.88 Å². The molecule has 138 valence electrons. The first-order chi connectivity index (χ1) is 12.5. The maximum Gasteiger partial charge on any atom is 0.388 e. The topological polar surface area (TPSA) is 103 Å². The summed E-state index contributed by atoms with van der Waals surface area (Å²) in [7, 11) is 0. The molecule has 0 spiro atoms. The van der Waals surface area contributed by atoms with E-state index in [-0.39, 0.29) is 11.3 Å². The quantitative estimate of drug-likeness (QED) is 0.691. The number of hydrogen-bond donors (Lipinski definition) is 2. The zero-order valence-electron chi connectivity index (χ0n) is 13.9. The number of aromatic nitrogens is 6. The highest BCUT2D eigenvalue weighted by atomic mass is 19.3. The number of H-pyrrole nitrogens is 1. The zero-order valence-corrected chi connectivity index (χ0v) is 13.9. The van der Waals surface area contributed by atoms with Crippen LogP contribution in [0.25, 0.3) is 11.2 Å². The van der Waals surface area contributed by atoms with E-state index < -0.39 is 6.61 Å². The second kappa shape index (κ2) is 6.48. The third-order valence-corrected chi connectivity index (χ3v) is 4.20. The van der Waals surface area contributed by atoms with Gasteiger partial charge in [-0.05, 0) is 6.42 Å². The van der Waals surface area contributed by atoms with Gasteiger partial charge in [-0.3, -0.25) is 5.10 Å². The molecule has 3 aromatic rings. The van der Waals surface area contributed by atoms with Gasteiger partial charge in [-0.1, -0.05) is 6.92 Å². The van der Waals surface area contributed by atoms with Crippen molar-refractivity contribution in [3.63, 3.8) is 0 Å². The highest BCUT2D eigenvalue weighted by Crippen LogP contribution is 2.30. The van der Waals surface area contributed by atoms with E-state index in [0.29, 0.717) is 36.0 Å². The van der Waals surface area contributed by atoms with Crippen molar-refractivity contribution < 1.29 is 18.3 Å². The van der Waals surface area contributed by atoms with Crippen molar-refractivity contribution in [2.24, 2.45) is 5.41 Å². The third-order valence-electron chi connectivity index (χ3n) is 4.20. The summed E-state index contributed by atoms with van der Waals surface area (Å²) in [5, 5.41) is 13.5. The van der Waals surface area contributed by atoms with Crippen LogP contribution in [0, 0.1) is 5.41 Å². The molecule has 1 unspecified atom stereocenters. The second-order valence-electron chi connectivity index (χ2n) is 6.50. The van der Waals surface area contributed by atoms with Crippen LogP contribution in [0.15, 0.2) is 18.5 Å². The van der Waals surface area contributed by atoms with Gasteiger partial charge in [-0.2, -0.15) is 13.9 Å². The van der Waals surface area contributed by atoms with Crippen LogP contribution in [-0.2, 0) is 11.3 Å². The lowest BCUT2D eigenvalue weighted by Gasteiger charge is -2.21. The summed E-state index contributed by atoms with van der Waals surface area (Å²) in [5.41, 5.74) is 1.31. The molecule has 11 heteroatoms. The Morgan fingerprint density at radius 1 is 1.46 bits per heavy atom. The highest BCUT2D eigenvalue weighted by Gasteiger charge is 2.31. The molecule has 1 aliphatic rings. The molecule has 9 nitrogen and oxygen atoms in total. The molecule has 2 N–H and O–H groups in total. The molecule has 0 bridgehead atoms. The van der Waals surface area contributed by atoms with Crippen molar-refractivity contribution in [1.82, 2.24) is 29.9 Å². The lowest BCUT2D eigenvalue weighted by atomic mass is 9.90. The molecule has 26 heavy (non-hydrogen) atoms. The van der Waals surface area contributed by atoms with Gasteiger partial charge >= 0.3 is 6.61 Å². The summed E-state index contributed by atoms with van der Waals surface area (Å²) >= 11 is 0. The summed E-state index contributed by atoms with van der Waals surface area (Å²) in [4.78, 5) is 8.85. The van der Waals surface area contributed by atoms with E-state index in [0.717, 1.165) is 13.0 Å². The predicted octanol–water partition coefficient (Wildman–Crippen LogP) is 2.32. The molecule has 1 aliphatic heterocycles. The minimum absolute atomic E-state index is 0.00888. The number of alkyl halides is 2. The molecule has 1 atom stereocenters. The fourth-order valence-electron chi connectivity index (χ4n) is 2.88. The van der Waals surface area contributed by atoms with E-state index in [9.17, 15) is 8.78 Å². The minimum Gasteiger partial charge on any atom is -0.415 e. The van der Waals surface area contributed by atoms with E-state index in [1.807, 2.05) is 0 Å². The Hall–Kier alpha value is -2.82. The van der Waals surface area contributed by atoms with Crippen molar-refractivity contribution in [3.05, 3.63) is 18.5 Å². The molecule has 0 radical (unpaired) electrons. The van der Waals surface area contributed by atoms with Crippen LogP contribution in [0.5, 0.6) is 5.88 Å². The number of anilines is 2. The molecule has 4 heterocycles. The zero-order chi connectivity index (χ0) is 18.1. The summed E-state index contributed by atoms with van der Waals surface area (Å²) in [6.45, 7) is 1.32. The van der Waals surface area contributed by atoms with Crippen LogP contribution in [-0.4, -0.2) is 49.8 Å². The highest BCUT2D eigenvalue weighted by molar-refractivity contribution is 5.71. The number of hydrogen-bond acceptors (Lipinski definition) is 7. The maximum atomic E-state index is 12.2. The molecule has 0 saturated carbocycles. The third kappa shape index (κ3) is 3.43. The summed E-state index contributed by atoms with van der Waals surface area (Å²) < 4.78 is 35.9. The van der Waals surface area contributed by atoms with Crippen molar-refractivity contribution >= 4 is 22.8 Å². The van der Waals surface area contributed by atoms with Crippen LogP contribution < -0.4 is 10.1 Å². The van der Waals surface area contributed by atoms with Gasteiger partial charge in [0.05, 0.1) is 25.5 Å². The summed E-state index contributed by atoms with van der Waals surface area (Å²) in [6.07, 6.45) is 4.15. The molecule has 4 rings (SSSR count). The minimum atomic E-state index is -2.93. The molecule has 3 aromatic heterocycles. The maximum absolute atomic E-state index is 12.2. The van der Waals surface area contributed by atoms with Crippen LogP contribution in [0.4, 0.5) is 20.4 Å². The number of fused-ring (bicyclic) bond motifs is 1. The number of aromatic amines is 1. The van der Waals surface area contributed by atoms with Crippen LogP contribution in [0.1, 0.15) is 13.3 Å². The molecule has 0 aliphatic carbocycles. The van der Waals surface area contributed by atoms with Gasteiger partial charge in [-0.15, -0.1) is 5.10 Å². The first kappa shape index (κ1) is 16.6. The van der Waals surface area contributed by atoms with Gasteiger partial charge in [0.1, 0.15) is 11.3 Å². The standard InChI is InChI=1S/C15H17F2N7O2/c1-15(2-3-25-8-15)7-24-13-9(5-19-24)18-6-11(21-13)20-10-4-12(23-22-10)26-14(16)17/h4-6,14H,2-3,7-8H2,1H3,(H2,20,21,22,23). The fraction of sp³-hybridized carbons (Fsp3) is 0.467. The molecule has 0 amide bonds. The van der Waals surface area contributed by atoms with Gasteiger partial charge < -0.3 is 14.8 Å². The lowest BCUT2D eigenvalue weighted by Crippen LogP contribution is -2.24. The van der Waals surface area contributed by atoms with Crippen LogP contribution in [0.3, 0.4) is 0 Å². The van der Waals surface area contributed by atoms with E-state index in [1.54, 1.807) is 10.9 Å². The van der Waals surface area contributed by atoms with E-state index >= 15 is 0 Å². The molecule has 1 fully saturated rings. The number of halogens is 2. The number of rotatable bonds is 6.